The quantitative estimate of drug-likeness (QED) is 0.468. The number of rotatable bonds is 5. The van der Waals surface area contributed by atoms with Gasteiger partial charge in [0, 0.05) is 24.7 Å². The zero-order valence-corrected chi connectivity index (χ0v) is 11.4. The number of methoxy groups -OCH3 is 1. The van der Waals surface area contributed by atoms with Crippen LogP contribution in [-0.4, -0.2) is 35.5 Å². The lowest BCUT2D eigenvalue weighted by molar-refractivity contribution is -0.384. The molecule has 2 rings (SSSR count). The van der Waals surface area contributed by atoms with E-state index in [1.807, 2.05) is 0 Å². The summed E-state index contributed by atoms with van der Waals surface area (Å²) in [5, 5.41) is 10.6. The molecule has 0 bridgehead atoms. The predicted molar refractivity (Wildman–Crippen MR) is 73.2 cm³/mol. The zero-order chi connectivity index (χ0) is 14.5. The molecule has 1 aliphatic rings. The average Bonchev–Trinajstić information content (AvgIpc) is 2.86. The minimum absolute atomic E-state index is 0.0984. The Morgan fingerprint density at radius 2 is 2.15 bits per heavy atom. The van der Waals surface area contributed by atoms with Crippen LogP contribution in [0.2, 0.25) is 0 Å². The van der Waals surface area contributed by atoms with Crippen molar-refractivity contribution in [2.24, 2.45) is 0 Å². The number of non-ortho nitro benzene ring substituents is 1. The van der Waals surface area contributed by atoms with Crippen molar-refractivity contribution in [3.05, 3.63) is 39.9 Å². The van der Waals surface area contributed by atoms with Gasteiger partial charge in [-0.25, -0.2) is 0 Å². The standard InChI is InChI=1S/C14H18N2O4/c1-20-14(17)9-13-3-2-8-15(13)10-11-4-6-12(7-5-11)16(18)19/h4-7,13H,2-3,8-10H2,1H3/t13-/m1/s1. The maximum absolute atomic E-state index is 11.4. The summed E-state index contributed by atoms with van der Waals surface area (Å²) in [5.74, 6) is -0.189. The molecule has 0 spiro atoms. The molecule has 0 aromatic heterocycles. The van der Waals surface area contributed by atoms with E-state index in [-0.39, 0.29) is 17.7 Å². The summed E-state index contributed by atoms with van der Waals surface area (Å²) >= 11 is 0. The minimum atomic E-state index is -0.403. The fourth-order valence-corrected chi connectivity index (χ4v) is 2.57. The molecule has 6 heteroatoms. The largest absolute Gasteiger partial charge is 0.469 e. The van der Waals surface area contributed by atoms with E-state index in [1.54, 1.807) is 12.1 Å². The molecular weight excluding hydrogens is 260 g/mol. The van der Waals surface area contributed by atoms with Gasteiger partial charge in [-0.3, -0.25) is 19.8 Å². The molecule has 108 valence electrons. The van der Waals surface area contributed by atoms with E-state index >= 15 is 0 Å². The number of nitro groups is 1. The van der Waals surface area contributed by atoms with Gasteiger partial charge in [0.05, 0.1) is 18.5 Å². The predicted octanol–water partition coefficient (Wildman–Crippen LogP) is 2.12. The van der Waals surface area contributed by atoms with Crippen molar-refractivity contribution in [2.75, 3.05) is 13.7 Å². The van der Waals surface area contributed by atoms with Crippen LogP contribution in [0.25, 0.3) is 0 Å². The number of hydrogen-bond donors (Lipinski definition) is 0. The Hall–Kier alpha value is -1.95. The molecule has 1 aromatic carbocycles. The van der Waals surface area contributed by atoms with Crippen LogP contribution in [0.15, 0.2) is 24.3 Å². The number of carbonyl (C=O) groups excluding carboxylic acids is 1. The lowest BCUT2D eigenvalue weighted by Gasteiger charge is -2.23. The first-order chi connectivity index (χ1) is 9.60. The van der Waals surface area contributed by atoms with E-state index in [4.69, 9.17) is 4.74 Å². The number of ether oxygens (including phenoxy) is 1. The van der Waals surface area contributed by atoms with Crippen molar-refractivity contribution in [3.63, 3.8) is 0 Å². The molecule has 0 aliphatic carbocycles. The van der Waals surface area contributed by atoms with E-state index in [1.165, 1.54) is 19.2 Å². The Morgan fingerprint density at radius 3 is 2.75 bits per heavy atom. The maximum atomic E-state index is 11.4. The van der Waals surface area contributed by atoms with E-state index in [0.29, 0.717) is 13.0 Å². The summed E-state index contributed by atoms with van der Waals surface area (Å²) < 4.78 is 4.71. The molecule has 1 atom stereocenters. The van der Waals surface area contributed by atoms with Crippen LogP contribution in [0.5, 0.6) is 0 Å². The monoisotopic (exact) mass is 278 g/mol. The van der Waals surface area contributed by atoms with Gasteiger partial charge in [0.1, 0.15) is 0 Å². The molecule has 0 unspecified atom stereocenters. The van der Waals surface area contributed by atoms with Crippen molar-refractivity contribution >= 4 is 11.7 Å². The van der Waals surface area contributed by atoms with E-state index in [2.05, 4.69) is 4.90 Å². The summed E-state index contributed by atoms with van der Waals surface area (Å²) in [6, 6.07) is 6.77. The Kier molecular flexibility index (Phi) is 4.68. The van der Waals surface area contributed by atoms with Gasteiger partial charge in [0.25, 0.3) is 5.69 Å². The summed E-state index contributed by atoms with van der Waals surface area (Å²) in [7, 11) is 1.40. The number of nitrogens with zero attached hydrogens (tertiary/aromatic N) is 2. The molecule has 0 amide bonds. The van der Waals surface area contributed by atoms with Crippen LogP contribution < -0.4 is 0 Å². The average molecular weight is 278 g/mol. The van der Waals surface area contributed by atoms with Crippen molar-refractivity contribution in [3.8, 4) is 0 Å². The van der Waals surface area contributed by atoms with Crippen molar-refractivity contribution < 1.29 is 14.5 Å². The number of carbonyl (C=O) groups is 1. The zero-order valence-electron chi connectivity index (χ0n) is 11.4. The first-order valence-electron chi connectivity index (χ1n) is 6.64. The van der Waals surface area contributed by atoms with Crippen LogP contribution in [0, 0.1) is 10.1 Å². The molecular formula is C14H18N2O4. The third-order valence-electron chi connectivity index (χ3n) is 3.66. The molecule has 1 saturated heterocycles. The Labute approximate surface area is 117 Å². The van der Waals surface area contributed by atoms with Crippen LogP contribution in [-0.2, 0) is 16.1 Å². The van der Waals surface area contributed by atoms with Gasteiger partial charge >= 0.3 is 5.97 Å². The third-order valence-corrected chi connectivity index (χ3v) is 3.66. The van der Waals surface area contributed by atoms with Gasteiger partial charge in [-0.2, -0.15) is 0 Å². The number of hydrogen-bond acceptors (Lipinski definition) is 5. The Balaban J connectivity index is 1.97. The molecule has 6 nitrogen and oxygen atoms in total. The Bertz CT molecular complexity index is 486. The normalized spacial score (nSPS) is 18.9. The molecule has 1 heterocycles. The van der Waals surface area contributed by atoms with Crippen molar-refractivity contribution in [1.29, 1.82) is 0 Å². The fraction of sp³-hybridized carbons (Fsp3) is 0.500. The van der Waals surface area contributed by atoms with Crippen molar-refractivity contribution in [1.82, 2.24) is 4.90 Å². The first kappa shape index (κ1) is 14.5. The van der Waals surface area contributed by atoms with Crippen LogP contribution in [0.4, 0.5) is 5.69 Å². The highest BCUT2D eigenvalue weighted by Gasteiger charge is 2.26. The number of esters is 1. The second kappa shape index (κ2) is 6.47. The van der Waals surface area contributed by atoms with Gasteiger partial charge in [0.15, 0.2) is 0 Å². The molecule has 1 aromatic rings. The highest BCUT2D eigenvalue weighted by atomic mass is 16.6. The lowest BCUT2D eigenvalue weighted by atomic mass is 10.1. The SMILES string of the molecule is COC(=O)C[C@H]1CCCN1Cc1ccc([N+](=O)[O-])cc1. The minimum Gasteiger partial charge on any atom is -0.469 e. The van der Waals surface area contributed by atoms with Crippen LogP contribution in [0.1, 0.15) is 24.8 Å². The van der Waals surface area contributed by atoms with Gasteiger partial charge in [-0.05, 0) is 24.9 Å². The van der Waals surface area contributed by atoms with Crippen LogP contribution >= 0.6 is 0 Å². The van der Waals surface area contributed by atoms with Crippen LogP contribution in [0.3, 0.4) is 0 Å². The number of benzene rings is 1. The van der Waals surface area contributed by atoms with E-state index in [9.17, 15) is 14.9 Å². The highest BCUT2D eigenvalue weighted by molar-refractivity contribution is 5.69. The fourth-order valence-electron chi connectivity index (χ4n) is 2.57. The summed E-state index contributed by atoms with van der Waals surface area (Å²) in [6.07, 6.45) is 2.46. The molecule has 0 N–H and O–H groups in total. The summed E-state index contributed by atoms with van der Waals surface area (Å²) in [6.45, 7) is 1.65. The van der Waals surface area contributed by atoms with Crippen molar-refractivity contribution in [2.45, 2.75) is 31.8 Å². The maximum Gasteiger partial charge on any atom is 0.307 e. The topological polar surface area (TPSA) is 72.7 Å². The molecule has 0 saturated carbocycles. The summed E-state index contributed by atoms with van der Waals surface area (Å²) in [5.41, 5.74) is 1.12. The summed E-state index contributed by atoms with van der Waals surface area (Å²) in [4.78, 5) is 23.8. The van der Waals surface area contributed by atoms with Gasteiger partial charge < -0.3 is 4.74 Å². The number of nitro benzene ring substituents is 1. The van der Waals surface area contributed by atoms with Gasteiger partial charge in [-0.15, -0.1) is 0 Å². The molecule has 0 radical (unpaired) electrons. The van der Waals surface area contributed by atoms with Gasteiger partial charge in [0.2, 0.25) is 0 Å². The number of likely N-dealkylation sites (tertiary alicyclic amines) is 1. The molecule has 20 heavy (non-hydrogen) atoms. The highest BCUT2D eigenvalue weighted by Crippen LogP contribution is 2.23. The second-order valence-corrected chi connectivity index (χ2v) is 4.97. The smallest absolute Gasteiger partial charge is 0.307 e. The lowest BCUT2D eigenvalue weighted by Crippen LogP contribution is -2.31. The second-order valence-electron chi connectivity index (χ2n) is 4.97. The first-order valence-corrected chi connectivity index (χ1v) is 6.64. The molecule has 1 fully saturated rings. The molecule has 1 aliphatic heterocycles. The van der Waals surface area contributed by atoms with E-state index in [0.717, 1.165) is 24.9 Å². The third kappa shape index (κ3) is 3.54. The Morgan fingerprint density at radius 1 is 1.45 bits per heavy atom. The van der Waals surface area contributed by atoms with E-state index < -0.39 is 4.92 Å². The van der Waals surface area contributed by atoms with Gasteiger partial charge in [-0.1, -0.05) is 12.1 Å².